The van der Waals surface area contributed by atoms with E-state index in [1.807, 2.05) is 19.1 Å². The standard InChI is InChI=1S/C17H23NO/c1-13(2)10-16(3,19)17(12-18)9-8-14-6-4-5-7-15(14)11-17/h4-7,13,19H,8-11H2,1-3H3. The molecule has 0 fully saturated rings. The van der Waals surface area contributed by atoms with Crippen LogP contribution in [0, 0.1) is 22.7 Å². The highest BCUT2D eigenvalue weighted by atomic mass is 16.3. The monoisotopic (exact) mass is 257 g/mol. The van der Waals surface area contributed by atoms with Crippen molar-refractivity contribution in [3.05, 3.63) is 35.4 Å². The number of hydrogen-bond acceptors (Lipinski definition) is 2. The molecule has 0 amide bonds. The Kier molecular flexibility index (Phi) is 3.69. The summed E-state index contributed by atoms with van der Waals surface area (Å²) in [6, 6.07) is 10.7. The van der Waals surface area contributed by atoms with E-state index in [4.69, 9.17) is 0 Å². The van der Waals surface area contributed by atoms with Crippen LogP contribution in [0.15, 0.2) is 24.3 Å². The van der Waals surface area contributed by atoms with Gasteiger partial charge >= 0.3 is 0 Å². The molecule has 1 aromatic carbocycles. The highest BCUT2D eigenvalue weighted by Gasteiger charge is 2.49. The minimum atomic E-state index is -0.927. The lowest BCUT2D eigenvalue weighted by Crippen LogP contribution is -2.49. The van der Waals surface area contributed by atoms with Crippen molar-refractivity contribution in [2.45, 2.75) is 52.1 Å². The van der Waals surface area contributed by atoms with Crippen molar-refractivity contribution < 1.29 is 5.11 Å². The van der Waals surface area contributed by atoms with Gasteiger partial charge < -0.3 is 5.11 Å². The molecule has 2 heteroatoms. The zero-order valence-electron chi connectivity index (χ0n) is 12.1. The van der Waals surface area contributed by atoms with E-state index in [9.17, 15) is 10.4 Å². The van der Waals surface area contributed by atoms with Gasteiger partial charge in [0.25, 0.3) is 0 Å². The van der Waals surface area contributed by atoms with Gasteiger partial charge in [-0.1, -0.05) is 38.1 Å². The van der Waals surface area contributed by atoms with Gasteiger partial charge in [-0.2, -0.15) is 5.26 Å². The van der Waals surface area contributed by atoms with Crippen molar-refractivity contribution >= 4 is 0 Å². The van der Waals surface area contributed by atoms with Crippen molar-refractivity contribution in [1.29, 1.82) is 5.26 Å². The van der Waals surface area contributed by atoms with Crippen molar-refractivity contribution in [1.82, 2.24) is 0 Å². The summed E-state index contributed by atoms with van der Waals surface area (Å²) in [5, 5.41) is 20.6. The van der Waals surface area contributed by atoms with Gasteiger partial charge in [0.15, 0.2) is 0 Å². The fourth-order valence-corrected chi connectivity index (χ4v) is 3.40. The molecule has 0 heterocycles. The van der Waals surface area contributed by atoms with Crippen molar-refractivity contribution in [2.24, 2.45) is 11.3 Å². The first-order chi connectivity index (χ1) is 8.90. The predicted octanol–water partition coefficient (Wildman–Crippen LogP) is 3.48. The summed E-state index contributed by atoms with van der Waals surface area (Å²) in [5.41, 5.74) is 0.975. The van der Waals surface area contributed by atoms with Crippen LogP contribution in [0.3, 0.4) is 0 Å². The molecule has 0 spiro atoms. The van der Waals surface area contributed by atoms with Gasteiger partial charge in [0.1, 0.15) is 0 Å². The second-order valence-electron chi connectivity index (χ2n) is 6.51. The SMILES string of the molecule is CC(C)CC(C)(O)C1(C#N)CCc2ccccc2C1. The maximum atomic E-state index is 10.9. The third kappa shape index (κ3) is 2.53. The Labute approximate surface area is 116 Å². The Morgan fingerprint density at radius 3 is 2.58 bits per heavy atom. The summed E-state index contributed by atoms with van der Waals surface area (Å²) in [5.74, 6) is 0.386. The molecule has 1 aromatic rings. The molecule has 2 rings (SSSR count). The maximum absolute atomic E-state index is 10.9. The number of fused-ring (bicyclic) bond motifs is 1. The van der Waals surface area contributed by atoms with Crippen LogP contribution in [0.1, 0.15) is 44.7 Å². The van der Waals surface area contributed by atoms with Gasteiger partial charge in [-0.05, 0) is 49.7 Å². The molecule has 1 aliphatic carbocycles. The summed E-state index contributed by atoms with van der Waals surface area (Å²) in [4.78, 5) is 0. The molecule has 2 nitrogen and oxygen atoms in total. The normalized spacial score (nSPS) is 25.5. The van der Waals surface area contributed by atoms with Gasteiger partial charge in [0.05, 0.1) is 17.1 Å². The third-order valence-electron chi connectivity index (χ3n) is 4.48. The molecule has 0 radical (unpaired) electrons. The molecule has 0 bridgehead atoms. The summed E-state index contributed by atoms with van der Waals surface area (Å²) in [6.07, 6.45) is 2.97. The number of nitrogens with zero attached hydrogens (tertiary/aromatic N) is 1. The third-order valence-corrected chi connectivity index (χ3v) is 4.48. The van der Waals surface area contributed by atoms with Crippen molar-refractivity contribution in [2.75, 3.05) is 0 Å². The van der Waals surface area contributed by atoms with Crippen LogP contribution in [0.4, 0.5) is 0 Å². The Hall–Kier alpha value is -1.33. The molecule has 2 unspecified atom stereocenters. The number of rotatable bonds is 3. The quantitative estimate of drug-likeness (QED) is 0.901. The van der Waals surface area contributed by atoms with E-state index in [-0.39, 0.29) is 0 Å². The van der Waals surface area contributed by atoms with Crippen LogP contribution in [0.5, 0.6) is 0 Å². The number of hydrogen-bond donors (Lipinski definition) is 1. The van der Waals surface area contributed by atoms with Crippen LogP contribution in [0.25, 0.3) is 0 Å². The highest BCUT2D eigenvalue weighted by Crippen LogP contribution is 2.45. The first kappa shape index (κ1) is 14.1. The van der Waals surface area contributed by atoms with Crippen LogP contribution < -0.4 is 0 Å². The molecular formula is C17H23NO. The van der Waals surface area contributed by atoms with E-state index in [0.29, 0.717) is 18.8 Å². The summed E-state index contributed by atoms with van der Waals surface area (Å²) < 4.78 is 0. The molecule has 102 valence electrons. The average molecular weight is 257 g/mol. The average Bonchev–Trinajstić information content (AvgIpc) is 2.36. The molecular weight excluding hydrogens is 234 g/mol. The van der Waals surface area contributed by atoms with Gasteiger partial charge in [-0.15, -0.1) is 0 Å². The predicted molar refractivity (Wildman–Crippen MR) is 76.6 cm³/mol. The highest BCUT2D eigenvalue weighted by molar-refractivity contribution is 5.34. The molecule has 0 aromatic heterocycles. The van der Waals surface area contributed by atoms with Gasteiger partial charge in [-0.25, -0.2) is 0 Å². The Bertz CT molecular complexity index is 498. The molecule has 0 saturated carbocycles. The lowest BCUT2D eigenvalue weighted by molar-refractivity contribution is -0.0615. The lowest BCUT2D eigenvalue weighted by Gasteiger charge is -2.44. The Morgan fingerprint density at radius 2 is 2.00 bits per heavy atom. The summed E-state index contributed by atoms with van der Waals surface area (Å²) in [6.45, 7) is 6.02. The minimum absolute atomic E-state index is 0.386. The van der Waals surface area contributed by atoms with Gasteiger partial charge in [-0.3, -0.25) is 0 Å². The van der Waals surface area contributed by atoms with E-state index in [1.54, 1.807) is 0 Å². The fraction of sp³-hybridized carbons (Fsp3) is 0.588. The van der Waals surface area contributed by atoms with Crippen LogP contribution in [-0.2, 0) is 12.8 Å². The molecule has 1 aliphatic rings. The molecule has 19 heavy (non-hydrogen) atoms. The second-order valence-corrected chi connectivity index (χ2v) is 6.51. The zero-order valence-corrected chi connectivity index (χ0v) is 12.1. The molecule has 2 atom stereocenters. The van der Waals surface area contributed by atoms with E-state index in [2.05, 4.69) is 32.0 Å². The molecule has 0 saturated heterocycles. The first-order valence-corrected chi connectivity index (χ1v) is 7.11. The van der Waals surface area contributed by atoms with E-state index in [0.717, 1.165) is 12.8 Å². The number of nitriles is 1. The fourth-order valence-electron chi connectivity index (χ4n) is 3.40. The van der Waals surface area contributed by atoms with Crippen molar-refractivity contribution in [3.8, 4) is 6.07 Å². The van der Waals surface area contributed by atoms with Crippen LogP contribution in [-0.4, -0.2) is 10.7 Å². The number of aryl methyl sites for hydroxylation is 1. The largest absolute Gasteiger partial charge is 0.388 e. The van der Waals surface area contributed by atoms with Crippen LogP contribution >= 0.6 is 0 Å². The Morgan fingerprint density at radius 1 is 1.37 bits per heavy atom. The van der Waals surface area contributed by atoms with Crippen LogP contribution in [0.2, 0.25) is 0 Å². The molecule has 1 N–H and O–H groups in total. The van der Waals surface area contributed by atoms with Crippen molar-refractivity contribution in [3.63, 3.8) is 0 Å². The maximum Gasteiger partial charge on any atom is 0.0900 e. The number of aliphatic hydroxyl groups is 1. The second kappa shape index (κ2) is 4.98. The first-order valence-electron chi connectivity index (χ1n) is 7.11. The summed E-state index contributed by atoms with van der Waals surface area (Å²) in [7, 11) is 0. The van der Waals surface area contributed by atoms with E-state index >= 15 is 0 Å². The van der Waals surface area contributed by atoms with E-state index in [1.165, 1.54) is 11.1 Å². The number of benzene rings is 1. The topological polar surface area (TPSA) is 44.0 Å². The Balaban J connectivity index is 2.34. The van der Waals surface area contributed by atoms with Gasteiger partial charge in [0, 0.05) is 0 Å². The lowest BCUT2D eigenvalue weighted by atomic mass is 9.61. The minimum Gasteiger partial charge on any atom is -0.388 e. The zero-order chi connectivity index (χ0) is 14.1. The molecule has 0 aliphatic heterocycles. The van der Waals surface area contributed by atoms with E-state index < -0.39 is 11.0 Å². The smallest absolute Gasteiger partial charge is 0.0900 e. The summed E-state index contributed by atoms with van der Waals surface area (Å²) >= 11 is 0. The van der Waals surface area contributed by atoms with Gasteiger partial charge in [0.2, 0.25) is 0 Å².